The Morgan fingerprint density at radius 3 is 2.85 bits per heavy atom. The number of hydrogen-bond acceptors (Lipinski definition) is 6. The van der Waals surface area contributed by atoms with Crippen LogP contribution in [-0.4, -0.2) is 41.8 Å². The van der Waals surface area contributed by atoms with Gasteiger partial charge in [0.2, 0.25) is 5.91 Å². The third kappa shape index (κ3) is 4.24. The largest absolute Gasteiger partial charge is 0.464 e. The second kappa shape index (κ2) is 8.43. The van der Waals surface area contributed by atoms with Gasteiger partial charge in [0.25, 0.3) is 0 Å². The van der Waals surface area contributed by atoms with Crippen LogP contribution in [0.3, 0.4) is 0 Å². The number of nitrogens with two attached hydrogens (primary N) is 1. The molecule has 2 unspecified atom stereocenters. The van der Waals surface area contributed by atoms with Crippen molar-refractivity contribution in [2.45, 2.75) is 40.2 Å². The zero-order valence-electron chi connectivity index (χ0n) is 17.0. The molecule has 148 valence electrons. The van der Waals surface area contributed by atoms with Gasteiger partial charge in [0.15, 0.2) is 0 Å². The molecule has 0 aliphatic carbocycles. The van der Waals surface area contributed by atoms with E-state index in [1.54, 1.807) is 29.1 Å². The Morgan fingerprint density at radius 2 is 2.26 bits per heavy atom. The summed E-state index contributed by atoms with van der Waals surface area (Å²) in [4.78, 5) is 19.3. The summed E-state index contributed by atoms with van der Waals surface area (Å²) < 4.78 is 5.70. The van der Waals surface area contributed by atoms with Gasteiger partial charge in [0.05, 0.1) is 5.41 Å². The van der Waals surface area contributed by atoms with Crippen molar-refractivity contribution in [3.8, 4) is 0 Å². The number of nitrogens with zero attached hydrogens (tertiary/aromatic N) is 3. The predicted molar refractivity (Wildman–Crippen MR) is 108 cm³/mol. The number of furan rings is 1. The van der Waals surface area contributed by atoms with E-state index < -0.39 is 5.41 Å². The fourth-order valence-corrected chi connectivity index (χ4v) is 3.33. The first kappa shape index (κ1) is 20.8. The quantitative estimate of drug-likeness (QED) is 0.793. The van der Waals surface area contributed by atoms with Gasteiger partial charge in [-0.2, -0.15) is 0 Å². The van der Waals surface area contributed by atoms with Gasteiger partial charge in [0.1, 0.15) is 29.2 Å². The van der Waals surface area contributed by atoms with E-state index in [0.29, 0.717) is 25.3 Å². The number of aryl methyl sites for hydroxylation is 1. The first-order valence-corrected chi connectivity index (χ1v) is 9.35. The van der Waals surface area contributed by atoms with Crippen molar-refractivity contribution in [3.63, 3.8) is 0 Å². The van der Waals surface area contributed by atoms with Crippen molar-refractivity contribution in [2.24, 2.45) is 16.1 Å². The number of amides is 1. The van der Waals surface area contributed by atoms with Crippen LogP contribution in [0.4, 0.5) is 0 Å². The number of hydrogen-bond donors (Lipinski definition) is 2. The second-order valence-electron chi connectivity index (χ2n) is 6.84. The molecule has 7 nitrogen and oxygen atoms in total. The van der Waals surface area contributed by atoms with Crippen LogP contribution in [0, 0.1) is 12.3 Å². The molecule has 1 amide bonds. The normalized spacial score (nSPS) is 24.0. The molecule has 0 spiro atoms. The molecule has 2 aliphatic rings. The van der Waals surface area contributed by atoms with E-state index in [-0.39, 0.29) is 11.9 Å². The molecule has 0 radical (unpaired) electrons. The average molecular weight is 374 g/mol. The van der Waals surface area contributed by atoms with E-state index in [1.165, 1.54) is 0 Å². The molecule has 0 saturated heterocycles. The highest BCUT2D eigenvalue weighted by molar-refractivity contribution is 5.95. The number of aliphatic imine (C=N–C) groups is 1. The zero-order valence-corrected chi connectivity index (χ0v) is 17.0. The van der Waals surface area contributed by atoms with Crippen LogP contribution in [-0.2, 0) is 4.79 Å². The van der Waals surface area contributed by atoms with Crippen molar-refractivity contribution in [1.82, 2.24) is 15.3 Å². The lowest BCUT2D eigenvalue weighted by Gasteiger charge is -2.41. The smallest absolute Gasteiger partial charge is 0.232 e. The third-order valence-corrected chi connectivity index (χ3v) is 4.58. The highest BCUT2D eigenvalue weighted by atomic mass is 16.3. The first-order valence-electron chi connectivity index (χ1n) is 9.35. The molecule has 3 N–H and O–H groups in total. The predicted octanol–water partition coefficient (Wildman–Crippen LogP) is 2.73. The van der Waals surface area contributed by atoms with Gasteiger partial charge in [-0.25, -0.2) is 10.4 Å². The number of fused-ring (bicyclic) bond motifs is 1. The Balaban J connectivity index is 0.00000126. The first-order chi connectivity index (χ1) is 12.8. The number of carbonyl (C=O) groups excluding carboxylic acids is 1. The average Bonchev–Trinajstić information content (AvgIpc) is 3.08. The molecule has 0 bridgehead atoms. The van der Waals surface area contributed by atoms with E-state index in [4.69, 9.17) is 15.1 Å². The highest BCUT2D eigenvalue weighted by Gasteiger charge is 2.42. The van der Waals surface area contributed by atoms with Crippen LogP contribution in [0.15, 0.2) is 46.1 Å². The maximum Gasteiger partial charge on any atom is 0.232 e. The summed E-state index contributed by atoms with van der Waals surface area (Å²) in [6.45, 7) is 12.6. The fraction of sp³-hybridized carbons (Fsp3) is 0.500. The molecule has 7 heteroatoms. The third-order valence-electron chi connectivity index (χ3n) is 4.58. The summed E-state index contributed by atoms with van der Waals surface area (Å²) in [6, 6.07) is 3.73. The number of nitrogens with one attached hydrogen (secondary N) is 1. The molecule has 3 heterocycles. The number of hydrazine groups is 1. The van der Waals surface area contributed by atoms with Gasteiger partial charge < -0.3 is 15.1 Å². The van der Waals surface area contributed by atoms with E-state index >= 15 is 0 Å². The second-order valence-corrected chi connectivity index (χ2v) is 6.84. The van der Waals surface area contributed by atoms with Gasteiger partial charge in [0, 0.05) is 26.6 Å². The zero-order chi connectivity index (χ0) is 20.2. The standard InChI is InChI=1S/C18H25N5O2.C2H6/c1-5-8-22(4)17(24)18(3)9-15(19)23-16(10-18)21-13(11-20-23)14-7-6-12(2)25-14;1-2/h5-7,9,13,20H,1,8,10-11,19H2,2-4H3;1-2H3. The van der Waals surface area contributed by atoms with Crippen LogP contribution in [0.1, 0.15) is 44.8 Å². The molecule has 0 aromatic carbocycles. The monoisotopic (exact) mass is 373 g/mol. The van der Waals surface area contributed by atoms with Crippen LogP contribution >= 0.6 is 0 Å². The Kier molecular flexibility index (Phi) is 6.49. The number of rotatable bonds is 4. The van der Waals surface area contributed by atoms with E-state index in [2.05, 4.69) is 12.0 Å². The Labute approximate surface area is 161 Å². The van der Waals surface area contributed by atoms with E-state index in [9.17, 15) is 4.79 Å². The summed E-state index contributed by atoms with van der Waals surface area (Å²) in [5, 5.41) is 1.76. The van der Waals surface area contributed by atoms with Crippen LogP contribution < -0.4 is 11.2 Å². The molecular formula is C20H31N5O2. The number of amidine groups is 1. The Morgan fingerprint density at radius 1 is 1.56 bits per heavy atom. The van der Waals surface area contributed by atoms with Crippen molar-refractivity contribution in [3.05, 3.63) is 48.2 Å². The minimum atomic E-state index is -0.736. The Bertz CT molecular complexity index is 751. The molecular weight excluding hydrogens is 342 g/mol. The summed E-state index contributed by atoms with van der Waals surface area (Å²) in [7, 11) is 1.76. The molecule has 1 aromatic heterocycles. The Hall–Kier alpha value is -2.54. The molecule has 2 aliphatic heterocycles. The lowest BCUT2D eigenvalue weighted by molar-refractivity contribution is -0.136. The van der Waals surface area contributed by atoms with Gasteiger partial charge in [-0.05, 0) is 32.1 Å². The maximum absolute atomic E-state index is 12.9. The van der Waals surface area contributed by atoms with E-state index in [1.807, 2.05) is 39.8 Å². The van der Waals surface area contributed by atoms with Gasteiger partial charge in [-0.1, -0.05) is 19.9 Å². The molecule has 27 heavy (non-hydrogen) atoms. The van der Waals surface area contributed by atoms with Gasteiger partial charge in [-0.15, -0.1) is 6.58 Å². The summed E-state index contributed by atoms with van der Waals surface area (Å²) in [5.74, 6) is 2.89. The minimum absolute atomic E-state index is 0.00586. The SMILES string of the molecule is C=CCN(C)C(=O)C1(C)C=C(N)N2NCC(c3ccc(C)o3)N=C2C1.CC. The number of carbonyl (C=O) groups is 1. The highest BCUT2D eigenvalue weighted by Crippen LogP contribution is 2.35. The van der Waals surface area contributed by atoms with Crippen LogP contribution in [0.5, 0.6) is 0 Å². The molecule has 2 atom stereocenters. The topological polar surface area (TPSA) is 87.1 Å². The van der Waals surface area contributed by atoms with Gasteiger partial charge in [-0.3, -0.25) is 9.79 Å². The molecule has 3 rings (SSSR count). The fourth-order valence-electron chi connectivity index (χ4n) is 3.33. The lowest BCUT2D eigenvalue weighted by atomic mass is 9.82. The maximum atomic E-state index is 12.9. The number of likely N-dealkylation sites (N-methyl/N-ethyl adjacent to an activating group) is 1. The van der Waals surface area contributed by atoms with Gasteiger partial charge >= 0.3 is 0 Å². The van der Waals surface area contributed by atoms with Crippen molar-refractivity contribution >= 4 is 11.7 Å². The summed E-state index contributed by atoms with van der Waals surface area (Å²) in [6.07, 6.45) is 3.98. The van der Waals surface area contributed by atoms with Crippen molar-refractivity contribution < 1.29 is 9.21 Å². The lowest BCUT2D eigenvalue weighted by Crippen LogP contribution is -2.55. The van der Waals surface area contributed by atoms with Crippen molar-refractivity contribution in [1.29, 1.82) is 0 Å². The summed E-state index contributed by atoms with van der Waals surface area (Å²) in [5.41, 5.74) is 8.73. The molecule has 1 aromatic rings. The van der Waals surface area contributed by atoms with E-state index in [0.717, 1.165) is 17.4 Å². The van der Waals surface area contributed by atoms with Crippen LogP contribution in [0.25, 0.3) is 0 Å². The molecule has 0 fully saturated rings. The van der Waals surface area contributed by atoms with Crippen molar-refractivity contribution in [2.75, 3.05) is 20.1 Å². The minimum Gasteiger partial charge on any atom is -0.464 e. The molecule has 0 saturated carbocycles. The van der Waals surface area contributed by atoms with Crippen LogP contribution in [0.2, 0.25) is 0 Å². The summed E-state index contributed by atoms with van der Waals surface area (Å²) >= 11 is 0.